The van der Waals surface area contributed by atoms with E-state index in [1.54, 1.807) is 31.2 Å². The molecule has 1 heterocycles. The number of fused-ring (bicyclic) bond motifs is 7. The van der Waals surface area contributed by atoms with Crippen LogP contribution in [-0.2, 0) is 14.3 Å². The second-order valence-electron chi connectivity index (χ2n) is 10.4. The largest absolute Gasteiger partial charge is 0.493 e. The number of esters is 2. The summed E-state index contributed by atoms with van der Waals surface area (Å²) < 4.78 is 29.2. The van der Waals surface area contributed by atoms with E-state index < -0.39 is 18.0 Å². The predicted octanol–water partition coefficient (Wildman–Crippen LogP) is 7.79. The first kappa shape index (κ1) is 31.7. The molecule has 0 radical (unpaired) electrons. The van der Waals surface area contributed by atoms with Gasteiger partial charge < -0.3 is 23.7 Å². The normalized spacial score (nSPS) is 12.2. The number of ether oxygens (including phenoxy) is 5. The van der Waals surface area contributed by atoms with E-state index in [4.69, 9.17) is 23.7 Å². The molecule has 1 aliphatic heterocycles. The van der Waals surface area contributed by atoms with Crippen molar-refractivity contribution < 1.29 is 33.3 Å². The van der Waals surface area contributed by atoms with Crippen LogP contribution in [0, 0.1) is 12.3 Å². The van der Waals surface area contributed by atoms with Crippen LogP contribution < -0.4 is 14.2 Å². The van der Waals surface area contributed by atoms with Gasteiger partial charge in [-0.15, -0.1) is 12.3 Å². The first-order chi connectivity index (χ1) is 22.5. The molecule has 232 valence electrons. The molecule has 46 heavy (non-hydrogen) atoms. The van der Waals surface area contributed by atoms with Crippen molar-refractivity contribution in [2.75, 3.05) is 26.4 Å². The van der Waals surface area contributed by atoms with E-state index in [0.717, 1.165) is 38.7 Å². The lowest BCUT2D eigenvalue weighted by molar-refractivity contribution is -0.137. The summed E-state index contributed by atoms with van der Waals surface area (Å²) in [5.74, 6) is 3.28. The quantitative estimate of drug-likeness (QED) is 0.0764. The maximum Gasteiger partial charge on any atom is 0.338 e. The maximum absolute atomic E-state index is 13.1. The first-order valence-corrected chi connectivity index (χ1v) is 14.9. The lowest BCUT2D eigenvalue weighted by Gasteiger charge is -2.18. The van der Waals surface area contributed by atoms with Crippen molar-refractivity contribution in [1.82, 2.24) is 0 Å². The Morgan fingerprint density at radius 2 is 1.37 bits per heavy atom. The highest BCUT2D eigenvalue weighted by atomic mass is 16.6. The van der Waals surface area contributed by atoms with Crippen molar-refractivity contribution in [1.29, 1.82) is 0 Å². The molecule has 0 unspecified atom stereocenters. The van der Waals surface area contributed by atoms with Crippen LogP contribution in [0.2, 0.25) is 0 Å². The van der Waals surface area contributed by atoms with E-state index in [1.807, 2.05) is 48.5 Å². The number of terminal acetylenes is 1. The molecule has 1 aliphatic rings. The summed E-state index contributed by atoms with van der Waals surface area (Å²) in [5, 5.41) is 4.29. The van der Waals surface area contributed by atoms with Gasteiger partial charge in [-0.2, -0.15) is 0 Å². The molecule has 0 atom stereocenters. The van der Waals surface area contributed by atoms with Gasteiger partial charge >= 0.3 is 11.9 Å². The topological polar surface area (TPSA) is 80.3 Å². The lowest BCUT2D eigenvalue weighted by Crippen LogP contribution is -2.31. The van der Waals surface area contributed by atoms with Gasteiger partial charge in [0.25, 0.3) is 0 Å². The highest BCUT2D eigenvalue weighted by Crippen LogP contribution is 2.46. The third-order valence-corrected chi connectivity index (χ3v) is 7.21. The van der Waals surface area contributed by atoms with E-state index >= 15 is 0 Å². The van der Waals surface area contributed by atoms with Gasteiger partial charge in [-0.05, 0) is 64.9 Å². The Bertz CT molecular complexity index is 1800. The Morgan fingerprint density at radius 3 is 1.91 bits per heavy atom. The molecule has 0 aromatic heterocycles. The highest BCUT2D eigenvalue weighted by molar-refractivity contribution is 6.09. The Kier molecular flexibility index (Phi) is 10.5. The van der Waals surface area contributed by atoms with Crippen LogP contribution in [0.4, 0.5) is 0 Å². The smallest absolute Gasteiger partial charge is 0.338 e. The molecule has 0 bridgehead atoms. The highest BCUT2D eigenvalue weighted by Gasteiger charge is 2.25. The summed E-state index contributed by atoms with van der Waals surface area (Å²) in [5.41, 5.74) is 2.28. The molecule has 5 aromatic rings. The van der Waals surface area contributed by atoms with Gasteiger partial charge in [-0.1, -0.05) is 67.2 Å². The van der Waals surface area contributed by atoms with Gasteiger partial charge in [0.05, 0.1) is 18.8 Å². The number of benzene rings is 5. The van der Waals surface area contributed by atoms with Crippen LogP contribution in [0.3, 0.4) is 0 Å². The monoisotopic (exact) mass is 614 g/mol. The lowest BCUT2D eigenvalue weighted by atomic mass is 9.92. The zero-order chi connectivity index (χ0) is 32.3. The average molecular weight is 615 g/mol. The number of carbonyl (C=O) groups excluding carboxylic acids is 2. The molecule has 7 nitrogen and oxygen atoms in total. The summed E-state index contributed by atoms with van der Waals surface area (Å²) in [6.07, 6.45) is 5.60. The van der Waals surface area contributed by atoms with Crippen LogP contribution in [0.1, 0.15) is 23.7 Å². The molecule has 0 spiro atoms. The number of rotatable bonds is 8. The molecule has 7 heteroatoms. The second kappa shape index (κ2) is 15.3. The third-order valence-electron chi connectivity index (χ3n) is 7.21. The SMILES string of the molecule is C#CC.C=CC(=O)OCCCOc1ccc(C(=O)OC2COc3ccc4ccccc4c3-c3c(ccc4ccccc34)OC2)cc1. The number of hydrogen-bond acceptors (Lipinski definition) is 7. The van der Waals surface area contributed by atoms with Gasteiger partial charge in [0.1, 0.15) is 30.5 Å². The predicted molar refractivity (Wildman–Crippen MR) is 179 cm³/mol. The van der Waals surface area contributed by atoms with E-state index in [2.05, 4.69) is 43.2 Å². The van der Waals surface area contributed by atoms with E-state index in [9.17, 15) is 9.59 Å². The standard InChI is InChI=1S/C36H30O7.C3H4/c1-2-33(37)40-21-7-20-39-27-16-12-26(13-17-27)36(38)43-28-22-41-31-18-14-24-8-3-5-10-29(24)34(31)35-30-11-6-4-9-25(30)15-19-32(35)42-23-28;1-3-2/h2-6,8-19,28H,1,7,20-23H2;1H,2H3. The molecule has 0 aliphatic carbocycles. The van der Waals surface area contributed by atoms with Gasteiger partial charge in [0.2, 0.25) is 0 Å². The minimum atomic E-state index is -0.654. The molecule has 6 rings (SSSR count). The number of hydrogen-bond donors (Lipinski definition) is 0. The fraction of sp³-hybridized carbons (Fsp3) is 0.179. The molecular weight excluding hydrogens is 580 g/mol. The van der Waals surface area contributed by atoms with Gasteiger partial charge in [0.15, 0.2) is 6.10 Å². The zero-order valence-corrected chi connectivity index (χ0v) is 25.6. The van der Waals surface area contributed by atoms with Crippen LogP contribution in [0.25, 0.3) is 32.7 Å². The molecule has 0 amide bonds. The molecule has 5 aromatic carbocycles. The van der Waals surface area contributed by atoms with Crippen LogP contribution >= 0.6 is 0 Å². The molecule has 0 saturated carbocycles. The third kappa shape index (κ3) is 7.48. The fourth-order valence-electron chi connectivity index (χ4n) is 5.13. The minimum Gasteiger partial charge on any atom is -0.493 e. The summed E-state index contributed by atoms with van der Waals surface area (Å²) in [7, 11) is 0. The van der Waals surface area contributed by atoms with Crippen LogP contribution in [0.5, 0.6) is 17.2 Å². The second-order valence-corrected chi connectivity index (χ2v) is 10.4. The first-order valence-electron chi connectivity index (χ1n) is 14.9. The zero-order valence-electron chi connectivity index (χ0n) is 25.6. The summed E-state index contributed by atoms with van der Waals surface area (Å²) in [6.45, 7) is 5.86. The van der Waals surface area contributed by atoms with E-state index in [1.165, 1.54) is 0 Å². The van der Waals surface area contributed by atoms with Crippen molar-refractivity contribution in [3.63, 3.8) is 0 Å². The molecular formula is C39H34O7. The molecule has 0 N–H and O–H groups in total. The average Bonchev–Trinajstić information content (AvgIpc) is 3.16. The minimum absolute atomic E-state index is 0.126. The summed E-state index contributed by atoms with van der Waals surface area (Å²) >= 11 is 0. The van der Waals surface area contributed by atoms with E-state index in [-0.39, 0.29) is 19.8 Å². The van der Waals surface area contributed by atoms with Crippen molar-refractivity contribution in [3.8, 4) is 40.7 Å². The Hall–Kier alpha value is -5.74. The summed E-state index contributed by atoms with van der Waals surface area (Å²) in [4.78, 5) is 24.2. The Balaban J connectivity index is 0.00000134. The van der Waals surface area contributed by atoms with Crippen molar-refractivity contribution >= 4 is 33.5 Å². The molecule has 0 fully saturated rings. The fourth-order valence-corrected chi connectivity index (χ4v) is 5.13. The Morgan fingerprint density at radius 1 is 0.826 bits per heavy atom. The number of carbonyl (C=O) groups is 2. The Labute approximate surface area is 268 Å². The van der Waals surface area contributed by atoms with Crippen molar-refractivity contribution in [2.24, 2.45) is 0 Å². The summed E-state index contributed by atoms with van der Waals surface area (Å²) in [6, 6.07) is 31.1. The van der Waals surface area contributed by atoms with Crippen molar-refractivity contribution in [2.45, 2.75) is 19.4 Å². The van der Waals surface area contributed by atoms with Crippen molar-refractivity contribution in [3.05, 3.63) is 115 Å². The van der Waals surface area contributed by atoms with Gasteiger partial charge in [-0.3, -0.25) is 0 Å². The van der Waals surface area contributed by atoms with E-state index in [0.29, 0.717) is 35.8 Å². The van der Waals surface area contributed by atoms with Gasteiger partial charge in [0, 0.05) is 23.6 Å². The van der Waals surface area contributed by atoms with Crippen LogP contribution in [0.15, 0.2) is 110 Å². The molecule has 0 saturated heterocycles. The van der Waals surface area contributed by atoms with Gasteiger partial charge in [-0.25, -0.2) is 9.59 Å². The maximum atomic E-state index is 13.1. The van der Waals surface area contributed by atoms with Crippen LogP contribution in [-0.4, -0.2) is 44.5 Å².